The number of phenolic OH excluding ortho intramolecular Hbond substituents is 1. The van der Waals surface area contributed by atoms with Gasteiger partial charge >= 0.3 is 0 Å². The van der Waals surface area contributed by atoms with E-state index in [1.807, 2.05) is 6.07 Å². The zero-order chi connectivity index (χ0) is 9.14. The lowest BCUT2D eigenvalue weighted by atomic mass is 10.1. The molecule has 0 radical (unpaired) electrons. The topological polar surface area (TPSA) is 44.0 Å². The van der Waals surface area contributed by atoms with Crippen molar-refractivity contribution in [1.82, 2.24) is 0 Å². The Kier molecular flexibility index (Phi) is 2.29. The lowest BCUT2D eigenvalue weighted by Crippen LogP contribution is -1.88. The van der Waals surface area contributed by atoms with Gasteiger partial charge in [-0.3, -0.25) is 0 Å². The molecule has 1 N–H and O–H groups in total. The van der Waals surface area contributed by atoms with Crippen LogP contribution in [0, 0.1) is 24.1 Å². The highest BCUT2D eigenvalue weighted by Crippen LogP contribution is 2.21. The first-order valence-corrected chi connectivity index (χ1v) is 3.50. The van der Waals surface area contributed by atoms with Crippen LogP contribution in [0.4, 0.5) is 4.39 Å². The molecule has 0 aliphatic carbocycles. The van der Waals surface area contributed by atoms with Crippen LogP contribution < -0.4 is 0 Å². The second kappa shape index (κ2) is 3.22. The van der Waals surface area contributed by atoms with Crippen molar-refractivity contribution in [3.8, 4) is 11.8 Å². The van der Waals surface area contributed by atoms with E-state index in [-0.39, 0.29) is 12.2 Å². The Morgan fingerprint density at radius 1 is 1.58 bits per heavy atom. The third kappa shape index (κ3) is 1.54. The van der Waals surface area contributed by atoms with Crippen molar-refractivity contribution in [2.45, 2.75) is 13.3 Å². The summed E-state index contributed by atoms with van der Waals surface area (Å²) in [5.41, 5.74) is 0.717. The van der Waals surface area contributed by atoms with Crippen molar-refractivity contribution >= 4 is 0 Å². The van der Waals surface area contributed by atoms with E-state index in [4.69, 9.17) is 5.26 Å². The smallest absolute Gasteiger partial charge is 0.126 e. The number of rotatable bonds is 1. The third-order valence-electron chi connectivity index (χ3n) is 1.63. The zero-order valence-corrected chi connectivity index (χ0v) is 6.63. The summed E-state index contributed by atoms with van der Waals surface area (Å²) in [6.45, 7) is 1.56. The van der Waals surface area contributed by atoms with Crippen LogP contribution in [-0.2, 0) is 6.42 Å². The van der Waals surface area contributed by atoms with Crippen LogP contribution in [-0.4, -0.2) is 5.11 Å². The van der Waals surface area contributed by atoms with E-state index in [1.54, 1.807) is 6.92 Å². The number of benzene rings is 1. The van der Waals surface area contributed by atoms with Gasteiger partial charge in [-0.25, -0.2) is 4.39 Å². The zero-order valence-electron chi connectivity index (χ0n) is 6.63. The van der Waals surface area contributed by atoms with Gasteiger partial charge in [0.1, 0.15) is 11.6 Å². The molecule has 0 saturated heterocycles. The van der Waals surface area contributed by atoms with E-state index >= 15 is 0 Å². The summed E-state index contributed by atoms with van der Waals surface area (Å²) in [5, 5.41) is 17.5. The molecule has 0 unspecified atom stereocenters. The van der Waals surface area contributed by atoms with Crippen LogP contribution in [0.5, 0.6) is 5.75 Å². The first kappa shape index (κ1) is 8.54. The largest absolute Gasteiger partial charge is 0.508 e. The Morgan fingerprint density at radius 2 is 2.25 bits per heavy atom. The highest BCUT2D eigenvalue weighted by Gasteiger charge is 2.05. The minimum atomic E-state index is -0.391. The van der Waals surface area contributed by atoms with Gasteiger partial charge in [-0.15, -0.1) is 0 Å². The first-order valence-electron chi connectivity index (χ1n) is 3.50. The second-order valence-electron chi connectivity index (χ2n) is 2.56. The molecule has 0 spiro atoms. The number of phenols is 1. The number of hydrogen-bond acceptors (Lipinski definition) is 2. The molecule has 0 atom stereocenters. The first-order chi connectivity index (χ1) is 5.65. The number of hydrogen-bond donors (Lipinski definition) is 1. The van der Waals surface area contributed by atoms with E-state index in [2.05, 4.69) is 0 Å². The van der Waals surface area contributed by atoms with Gasteiger partial charge in [0.25, 0.3) is 0 Å². The molecule has 1 aromatic carbocycles. The van der Waals surface area contributed by atoms with E-state index < -0.39 is 5.82 Å². The van der Waals surface area contributed by atoms with Crippen LogP contribution >= 0.6 is 0 Å². The average molecular weight is 165 g/mol. The summed E-state index contributed by atoms with van der Waals surface area (Å²) in [5.74, 6) is -0.409. The van der Waals surface area contributed by atoms with Crippen molar-refractivity contribution < 1.29 is 9.50 Å². The Hall–Kier alpha value is -1.56. The number of aromatic hydroxyl groups is 1. The predicted octanol–water partition coefficient (Wildman–Crippen LogP) is 1.91. The number of halogens is 1. The fourth-order valence-electron chi connectivity index (χ4n) is 0.934. The molecule has 3 heteroatoms. The van der Waals surface area contributed by atoms with Crippen LogP contribution in [0.25, 0.3) is 0 Å². The minimum Gasteiger partial charge on any atom is -0.508 e. The van der Waals surface area contributed by atoms with Crippen LogP contribution in [0.2, 0.25) is 0 Å². The summed E-state index contributed by atoms with van der Waals surface area (Å²) >= 11 is 0. The molecule has 0 saturated carbocycles. The normalized spacial score (nSPS) is 9.42. The Balaban J connectivity index is 3.16. The quantitative estimate of drug-likeness (QED) is 0.690. The van der Waals surface area contributed by atoms with Crippen LogP contribution in [0.1, 0.15) is 11.1 Å². The van der Waals surface area contributed by atoms with E-state index in [9.17, 15) is 9.50 Å². The summed E-state index contributed by atoms with van der Waals surface area (Å²) in [6, 6.07) is 4.35. The van der Waals surface area contributed by atoms with E-state index in [1.165, 1.54) is 12.1 Å². The number of nitrogens with zero attached hydrogens (tertiary/aromatic N) is 1. The maximum atomic E-state index is 12.9. The van der Waals surface area contributed by atoms with Gasteiger partial charge < -0.3 is 5.11 Å². The summed E-state index contributed by atoms with van der Waals surface area (Å²) < 4.78 is 12.9. The van der Waals surface area contributed by atoms with Crippen molar-refractivity contribution in [2.24, 2.45) is 0 Å². The van der Waals surface area contributed by atoms with Crippen LogP contribution in [0.15, 0.2) is 12.1 Å². The molecule has 0 aromatic heterocycles. The molecule has 62 valence electrons. The highest BCUT2D eigenvalue weighted by atomic mass is 19.1. The Labute approximate surface area is 69.9 Å². The molecule has 0 aliphatic rings. The predicted molar refractivity (Wildman–Crippen MR) is 42.1 cm³/mol. The lowest BCUT2D eigenvalue weighted by molar-refractivity contribution is 0.466. The molecule has 0 fully saturated rings. The van der Waals surface area contributed by atoms with E-state index in [0.717, 1.165) is 0 Å². The maximum Gasteiger partial charge on any atom is 0.126 e. The molecule has 12 heavy (non-hydrogen) atoms. The van der Waals surface area contributed by atoms with Crippen molar-refractivity contribution in [3.05, 3.63) is 29.1 Å². The molecule has 1 aromatic rings. The van der Waals surface area contributed by atoms with Gasteiger partial charge in [0.15, 0.2) is 0 Å². The molecule has 2 nitrogen and oxygen atoms in total. The van der Waals surface area contributed by atoms with Gasteiger partial charge in [0.05, 0.1) is 12.5 Å². The van der Waals surface area contributed by atoms with Gasteiger partial charge in [0, 0.05) is 5.56 Å². The lowest BCUT2D eigenvalue weighted by Gasteiger charge is -2.02. The van der Waals surface area contributed by atoms with Gasteiger partial charge in [0.2, 0.25) is 0 Å². The van der Waals surface area contributed by atoms with Crippen LogP contribution in [0.3, 0.4) is 0 Å². The monoisotopic (exact) mass is 165 g/mol. The summed E-state index contributed by atoms with van der Waals surface area (Å²) in [4.78, 5) is 0. The van der Waals surface area contributed by atoms with Crippen molar-refractivity contribution in [1.29, 1.82) is 5.26 Å². The van der Waals surface area contributed by atoms with Gasteiger partial charge in [-0.05, 0) is 24.6 Å². The Morgan fingerprint density at radius 3 is 2.83 bits per heavy atom. The standard InChI is InChI=1S/C9H8FNO/c1-6-4-9(12)7(2-3-11)5-8(6)10/h4-5,12H,2H2,1H3. The third-order valence-corrected chi connectivity index (χ3v) is 1.63. The summed E-state index contributed by atoms with van der Waals surface area (Å²) in [6.07, 6.45) is 0.0308. The molecule has 1 rings (SSSR count). The SMILES string of the molecule is Cc1cc(O)c(CC#N)cc1F. The Bertz CT molecular complexity index is 341. The fourth-order valence-corrected chi connectivity index (χ4v) is 0.934. The number of nitriles is 1. The molecule has 0 aliphatic heterocycles. The van der Waals surface area contributed by atoms with E-state index in [0.29, 0.717) is 11.1 Å². The van der Waals surface area contributed by atoms with Crippen molar-refractivity contribution in [3.63, 3.8) is 0 Å². The minimum absolute atomic E-state index is 0.0181. The molecular formula is C9H8FNO. The van der Waals surface area contributed by atoms with Gasteiger partial charge in [-0.1, -0.05) is 0 Å². The van der Waals surface area contributed by atoms with Gasteiger partial charge in [-0.2, -0.15) is 5.26 Å². The van der Waals surface area contributed by atoms with Crippen molar-refractivity contribution in [2.75, 3.05) is 0 Å². The summed E-state index contributed by atoms with van der Waals surface area (Å²) in [7, 11) is 0. The highest BCUT2D eigenvalue weighted by molar-refractivity contribution is 5.38. The molecular weight excluding hydrogens is 157 g/mol. The molecule has 0 amide bonds. The molecule has 0 bridgehead atoms. The second-order valence-corrected chi connectivity index (χ2v) is 2.56. The fraction of sp³-hybridized carbons (Fsp3) is 0.222. The molecule has 0 heterocycles. The average Bonchev–Trinajstić information content (AvgIpc) is 2.01. The number of aryl methyl sites for hydroxylation is 1. The maximum absolute atomic E-state index is 12.9.